The summed E-state index contributed by atoms with van der Waals surface area (Å²) in [6.07, 6.45) is 1.20. The Kier molecular flexibility index (Phi) is 5.72. The summed E-state index contributed by atoms with van der Waals surface area (Å²) in [5, 5.41) is 0. The molecule has 2 atom stereocenters. The number of carbonyl (C=O) groups is 1. The molecule has 0 saturated carbocycles. The molecule has 1 fully saturated rings. The molecule has 1 aromatic carbocycles. The molecule has 2 aromatic heterocycles. The van der Waals surface area contributed by atoms with Crippen LogP contribution >= 0.6 is 27.3 Å². The van der Waals surface area contributed by atoms with Crippen LogP contribution in [0.25, 0.3) is 10.2 Å². The molecule has 1 N–H and O–H groups in total. The zero-order valence-electron chi connectivity index (χ0n) is 17.1. The second-order valence-corrected chi connectivity index (χ2v) is 11.0. The molecule has 3 heterocycles. The maximum Gasteiger partial charge on any atom is 0.410 e. The summed E-state index contributed by atoms with van der Waals surface area (Å²) in [5.41, 5.74) is 1.05. The summed E-state index contributed by atoms with van der Waals surface area (Å²) in [5.74, 6) is 0.718. The highest BCUT2D eigenvalue weighted by atomic mass is 79.9. The Balaban J connectivity index is 1.70. The van der Waals surface area contributed by atoms with Crippen molar-refractivity contribution < 1.29 is 9.53 Å². The number of piperidine rings is 1. The summed E-state index contributed by atoms with van der Waals surface area (Å²) in [6.45, 7) is 6.08. The van der Waals surface area contributed by atoms with Crippen LogP contribution in [0.5, 0.6) is 0 Å². The zero-order valence-corrected chi connectivity index (χ0v) is 19.5. The van der Waals surface area contributed by atoms with Gasteiger partial charge >= 0.3 is 6.09 Å². The van der Waals surface area contributed by atoms with Crippen molar-refractivity contribution in [2.24, 2.45) is 0 Å². The van der Waals surface area contributed by atoms with Gasteiger partial charge in [0.25, 0.3) is 5.56 Å². The number of thiophene rings is 1. The molecule has 30 heavy (non-hydrogen) atoms. The minimum atomic E-state index is -0.607. The number of H-pyrrole nitrogens is 1. The van der Waals surface area contributed by atoms with Gasteiger partial charge in [0.15, 0.2) is 0 Å². The number of aromatic amines is 1. The Morgan fingerprint density at radius 1 is 1.27 bits per heavy atom. The molecule has 3 aromatic rings. The molecule has 0 aliphatic carbocycles. The largest absolute Gasteiger partial charge is 0.444 e. The fourth-order valence-corrected chi connectivity index (χ4v) is 5.28. The van der Waals surface area contributed by atoms with Crippen molar-refractivity contribution >= 4 is 43.6 Å². The number of benzene rings is 1. The number of ether oxygens (including phenoxy) is 1. The van der Waals surface area contributed by atoms with E-state index in [4.69, 9.17) is 4.74 Å². The normalized spacial score (nSPS) is 19.8. The minimum absolute atomic E-state index is 0.181. The van der Waals surface area contributed by atoms with Crippen LogP contribution in [0.3, 0.4) is 0 Å². The molecule has 0 unspecified atom stereocenters. The standard InChI is InChI=1S/C22H24BrN3O3S/c1-22(2,3)29-21(28)26-12-14(13-7-5-4-6-8-13)9-10-16(26)19-24-15-11-17(23)30-18(15)20(27)25-19/h4-8,11,14,16H,9-10,12H2,1-3H3,(H,24,25,27)/t14-,16-/m0/s1. The van der Waals surface area contributed by atoms with Crippen LogP contribution < -0.4 is 5.56 Å². The lowest BCUT2D eigenvalue weighted by molar-refractivity contribution is 0.00588. The Morgan fingerprint density at radius 2 is 2.00 bits per heavy atom. The number of rotatable bonds is 2. The van der Waals surface area contributed by atoms with Crippen molar-refractivity contribution in [3.8, 4) is 0 Å². The van der Waals surface area contributed by atoms with Crippen LogP contribution in [0.4, 0.5) is 4.79 Å². The first-order chi connectivity index (χ1) is 14.2. The quantitative estimate of drug-likeness (QED) is 0.507. The highest BCUT2D eigenvalue weighted by molar-refractivity contribution is 9.11. The van der Waals surface area contributed by atoms with Gasteiger partial charge < -0.3 is 9.72 Å². The number of halogens is 1. The van der Waals surface area contributed by atoms with E-state index in [-0.39, 0.29) is 23.6 Å². The smallest absolute Gasteiger partial charge is 0.410 e. The maximum atomic E-state index is 13.1. The Bertz CT molecular complexity index is 1120. The zero-order chi connectivity index (χ0) is 21.5. The third-order valence-corrected chi connectivity index (χ3v) is 6.79. The van der Waals surface area contributed by atoms with Crippen LogP contribution in [0.1, 0.15) is 57.0 Å². The average molecular weight is 490 g/mol. The number of carbonyl (C=O) groups excluding carboxylic acids is 1. The van der Waals surface area contributed by atoms with Gasteiger partial charge in [-0.2, -0.15) is 0 Å². The number of amides is 1. The van der Waals surface area contributed by atoms with Crippen LogP contribution in [-0.4, -0.2) is 33.1 Å². The van der Waals surface area contributed by atoms with Crippen molar-refractivity contribution in [2.45, 2.75) is 51.2 Å². The van der Waals surface area contributed by atoms with Gasteiger partial charge in [-0.1, -0.05) is 30.3 Å². The van der Waals surface area contributed by atoms with Gasteiger partial charge in [0.1, 0.15) is 16.1 Å². The number of hydrogen-bond donors (Lipinski definition) is 1. The second-order valence-electron chi connectivity index (χ2n) is 8.55. The number of fused-ring (bicyclic) bond motifs is 1. The number of likely N-dealkylation sites (tertiary alicyclic amines) is 1. The van der Waals surface area contributed by atoms with Gasteiger partial charge in [0.2, 0.25) is 0 Å². The lowest BCUT2D eigenvalue weighted by atomic mass is 9.87. The molecule has 8 heteroatoms. The third-order valence-electron chi connectivity index (χ3n) is 5.17. The predicted octanol–water partition coefficient (Wildman–Crippen LogP) is 5.60. The van der Waals surface area contributed by atoms with Gasteiger partial charge in [-0.05, 0) is 61.2 Å². The van der Waals surface area contributed by atoms with Gasteiger partial charge in [0, 0.05) is 12.5 Å². The SMILES string of the molecule is CC(C)(C)OC(=O)N1C[C@@H](c2ccccc2)CC[C@H]1c1nc2cc(Br)sc2c(=O)[nH]1. The van der Waals surface area contributed by atoms with Crippen molar-refractivity contribution in [2.75, 3.05) is 6.54 Å². The van der Waals surface area contributed by atoms with Gasteiger partial charge in [0.05, 0.1) is 15.3 Å². The number of hydrogen-bond acceptors (Lipinski definition) is 5. The Labute approximate surface area is 187 Å². The van der Waals surface area contributed by atoms with E-state index in [0.29, 0.717) is 29.0 Å². The van der Waals surface area contributed by atoms with E-state index >= 15 is 0 Å². The lowest BCUT2D eigenvalue weighted by Gasteiger charge is -2.39. The molecule has 0 bridgehead atoms. The molecule has 6 nitrogen and oxygen atoms in total. The average Bonchev–Trinajstić information content (AvgIpc) is 3.08. The Hall–Kier alpha value is -2.19. The van der Waals surface area contributed by atoms with E-state index in [1.165, 1.54) is 16.9 Å². The van der Waals surface area contributed by atoms with Crippen molar-refractivity contribution in [1.82, 2.24) is 14.9 Å². The summed E-state index contributed by atoms with van der Waals surface area (Å²) in [6, 6.07) is 11.7. The van der Waals surface area contributed by atoms with Gasteiger partial charge in [-0.25, -0.2) is 9.78 Å². The highest BCUT2D eigenvalue weighted by Crippen LogP contribution is 2.38. The first kappa shape index (κ1) is 21.1. The molecule has 158 valence electrons. The molecule has 1 amide bonds. The summed E-state index contributed by atoms with van der Waals surface area (Å²) < 4.78 is 7.12. The van der Waals surface area contributed by atoms with Gasteiger partial charge in [-0.3, -0.25) is 9.69 Å². The molecule has 1 aliphatic heterocycles. The minimum Gasteiger partial charge on any atom is -0.444 e. The number of nitrogens with zero attached hydrogens (tertiary/aromatic N) is 2. The molecule has 0 spiro atoms. The number of aromatic nitrogens is 2. The summed E-state index contributed by atoms with van der Waals surface area (Å²) in [4.78, 5) is 35.0. The van der Waals surface area contributed by atoms with E-state index in [9.17, 15) is 9.59 Å². The molecule has 1 aliphatic rings. The number of nitrogens with one attached hydrogen (secondary N) is 1. The Morgan fingerprint density at radius 3 is 2.70 bits per heavy atom. The predicted molar refractivity (Wildman–Crippen MR) is 122 cm³/mol. The third kappa shape index (κ3) is 4.44. The molecule has 1 saturated heterocycles. The molecule has 0 radical (unpaired) electrons. The fourth-order valence-electron chi connectivity index (χ4n) is 3.86. The van der Waals surface area contributed by atoms with E-state index in [0.717, 1.165) is 10.2 Å². The van der Waals surface area contributed by atoms with Crippen LogP contribution in [0, 0.1) is 0 Å². The first-order valence-electron chi connectivity index (χ1n) is 9.95. The van der Waals surface area contributed by atoms with E-state index < -0.39 is 5.60 Å². The second kappa shape index (κ2) is 8.15. The van der Waals surface area contributed by atoms with Crippen LogP contribution in [0.15, 0.2) is 45.0 Å². The first-order valence-corrected chi connectivity index (χ1v) is 11.6. The van der Waals surface area contributed by atoms with Crippen molar-refractivity contribution in [1.29, 1.82) is 0 Å². The lowest BCUT2D eigenvalue weighted by Crippen LogP contribution is -2.45. The van der Waals surface area contributed by atoms with Crippen LogP contribution in [0.2, 0.25) is 0 Å². The molecular formula is C22H24BrN3O3S. The summed E-state index contributed by atoms with van der Waals surface area (Å²) in [7, 11) is 0. The molecule has 4 rings (SSSR count). The monoisotopic (exact) mass is 489 g/mol. The van der Waals surface area contributed by atoms with Crippen molar-refractivity contribution in [3.63, 3.8) is 0 Å². The van der Waals surface area contributed by atoms with Gasteiger partial charge in [-0.15, -0.1) is 11.3 Å². The molecular weight excluding hydrogens is 466 g/mol. The fraction of sp³-hybridized carbons (Fsp3) is 0.409. The van der Waals surface area contributed by atoms with E-state index in [2.05, 4.69) is 38.0 Å². The maximum absolute atomic E-state index is 13.1. The topological polar surface area (TPSA) is 75.3 Å². The highest BCUT2D eigenvalue weighted by Gasteiger charge is 2.37. The van der Waals surface area contributed by atoms with E-state index in [1.807, 2.05) is 45.0 Å². The van der Waals surface area contributed by atoms with Crippen LogP contribution in [-0.2, 0) is 4.74 Å². The van der Waals surface area contributed by atoms with E-state index in [1.54, 1.807) is 4.90 Å². The summed E-state index contributed by atoms with van der Waals surface area (Å²) >= 11 is 4.77. The van der Waals surface area contributed by atoms with Crippen molar-refractivity contribution in [3.05, 3.63) is 61.9 Å².